The number of carboxylic acid groups (broad SMARTS) is 1. The third-order valence-electron chi connectivity index (χ3n) is 4.58. The van der Waals surface area contributed by atoms with Gasteiger partial charge in [0.25, 0.3) is 0 Å². The van der Waals surface area contributed by atoms with Gasteiger partial charge < -0.3 is 5.11 Å². The smallest absolute Gasteiger partial charge is 0.336 e. The molecule has 0 saturated carbocycles. The van der Waals surface area contributed by atoms with Gasteiger partial charge in [-0.3, -0.25) is 0 Å². The zero-order valence-corrected chi connectivity index (χ0v) is 16.0. The van der Waals surface area contributed by atoms with Gasteiger partial charge in [0.1, 0.15) is 5.82 Å². The number of aromatic carboxylic acids is 1. The minimum absolute atomic E-state index is 0.00384. The van der Waals surface area contributed by atoms with Crippen molar-refractivity contribution in [3.8, 4) is 11.1 Å². The van der Waals surface area contributed by atoms with Crippen molar-refractivity contribution in [2.45, 2.75) is 26.7 Å². The van der Waals surface area contributed by atoms with Crippen molar-refractivity contribution in [1.29, 1.82) is 0 Å². The van der Waals surface area contributed by atoms with E-state index in [4.69, 9.17) is 23.2 Å². The maximum absolute atomic E-state index is 13.7. The number of hydrogen-bond acceptors (Lipinski definition) is 1. The Kier molecular flexibility index (Phi) is 4.96. The minimum Gasteiger partial charge on any atom is -0.478 e. The van der Waals surface area contributed by atoms with E-state index >= 15 is 0 Å². The number of aryl methyl sites for hydroxylation is 1. The molecule has 0 aliphatic carbocycles. The van der Waals surface area contributed by atoms with Crippen LogP contribution in [-0.4, -0.2) is 11.1 Å². The van der Waals surface area contributed by atoms with Crippen molar-refractivity contribution in [2.24, 2.45) is 0 Å². The first kappa shape index (κ1) is 18.7. The van der Waals surface area contributed by atoms with Gasteiger partial charge in [-0.1, -0.05) is 49.2 Å². The van der Waals surface area contributed by atoms with Crippen LogP contribution < -0.4 is 0 Å². The van der Waals surface area contributed by atoms with E-state index in [1.807, 2.05) is 26.8 Å². The maximum Gasteiger partial charge on any atom is 0.336 e. The fourth-order valence-electron chi connectivity index (χ4n) is 3.55. The number of rotatable bonds is 3. The van der Waals surface area contributed by atoms with Gasteiger partial charge in [-0.2, -0.15) is 0 Å². The molecule has 0 amide bonds. The van der Waals surface area contributed by atoms with Crippen LogP contribution in [0.5, 0.6) is 0 Å². The molecule has 3 rings (SSSR count). The van der Waals surface area contributed by atoms with E-state index in [0.717, 1.165) is 16.5 Å². The summed E-state index contributed by atoms with van der Waals surface area (Å²) in [4.78, 5) is 12.2. The standard InChI is InChI=1S/C21H17Cl2FO2/c1-10(2)18-11(3)14-6-5-13(22)9-15(14)19(20(18)21(25)26)12-4-7-17(24)16(23)8-12/h4-10H,1-3H3,(H,25,26). The van der Waals surface area contributed by atoms with Crippen LogP contribution in [0.15, 0.2) is 36.4 Å². The molecule has 1 N–H and O–H groups in total. The quantitative estimate of drug-likeness (QED) is 0.518. The zero-order chi connectivity index (χ0) is 19.2. The Morgan fingerprint density at radius 2 is 1.77 bits per heavy atom. The molecule has 0 saturated heterocycles. The van der Waals surface area contributed by atoms with Crippen molar-refractivity contribution < 1.29 is 14.3 Å². The molecular weight excluding hydrogens is 374 g/mol. The summed E-state index contributed by atoms with van der Waals surface area (Å²) in [6, 6.07) is 9.66. The SMILES string of the molecule is Cc1c(C(C)C)c(C(=O)O)c(-c2ccc(F)c(Cl)c2)c2cc(Cl)ccc12. The highest BCUT2D eigenvalue weighted by Gasteiger charge is 2.25. The molecule has 5 heteroatoms. The molecule has 0 fully saturated rings. The number of carbonyl (C=O) groups is 1. The lowest BCUT2D eigenvalue weighted by Gasteiger charge is -2.21. The van der Waals surface area contributed by atoms with Crippen LogP contribution in [0, 0.1) is 12.7 Å². The third-order valence-corrected chi connectivity index (χ3v) is 5.10. The second kappa shape index (κ2) is 6.90. The van der Waals surface area contributed by atoms with Crippen molar-refractivity contribution in [3.05, 3.63) is 69.0 Å². The lowest BCUT2D eigenvalue weighted by atomic mass is 9.82. The second-order valence-corrected chi connectivity index (χ2v) is 7.41. The molecule has 3 aromatic rings. The molecule has 0 aromatic heterocycles. The highest BCUT2D eigenvalue weighted by atomic mass is 35.5. The van der Waals surface area contributed by atoms with Gasteiger partial charge >= 0.3 is 5.97 Å². The zero-order valence-electron chi connectivity index (χ0n) is 14.5. The van der Waals surface area contributed by atoms with Crippen molar-refractivity contribution in [3.63, 3.8) is 0 Å². The van der Waals surface area contributed by atoms with Gasteiger partial charge in [0.2, 0.25) is 0 Å². The van der Waals surface area contributed by atoms with Crippen LogP contribution in [-0.2, 0) is 0 Å². The molecule has 0 heterocycles. The number of hydrogen-bond donors (Lipinski definition) is 1. The van der Waals surface area contributed by atoms with E-state index in [9.17, 15) is 14.3 Å². The number of carboxylic acids is 1. The number of halogens is 3. The Balaban J connectivity index is 2.58. The Hall–Kier alpha value is -2.10. The van der Waals surface area contributed by atoms with Crippen LogP contribution in [0.2, 0.25) is 10.0 Å². The van der Waals surface area contributed by atoms with Gasteiger partial charge in [0, 0.05) is 10.6 Å². The lowest BCUT2D eigenvalue weighted by molar-refractivity contribution is 0.0696. The molecule has 0 spiro atoms. The molecule has 26 heavy (non-hydrogen) atoms. The van der Waals surface area contributed by atoms with Crippen molar-refractivity contribution in [2.75, 3.05) is 0 Å². The summed E-state index contributed by atoms with van der Waals surface area (Å²) in [5, 5.41) is 12.1. The first-order valence-corrected chi connectivity index (χ1v) is 8.92. The minimum atomic E-state index is -1.03. The molecule has 0 bridgehead atoms. The number of benzene rings is 3. The van der Waals surface area contributed by atoms with Crippen LogP contribution >= 0.6 is 23.2 Å². The van der Waals surface area contributed by atoms with Crippen molar-refractivity contribution in [1.82, 2.24) is 0 Å². The fourth-order valence-corrected chi connectivity index (χ4v) is 3.90. The summed E-state index contributed by atoms with van der Waals surface area (Å²) in [5.41, 5.74) is 2.91. The summed E-state index contributed by atoms with van der Waals surface area (Å²) in [5.74, 6) is -1.59. The summed E-state index contributed by atoms with van der Waals surface area (Å²) < 4.78 is 13.7. The lowest BCUT2D eigenvalue weighted by Crippen LogP contribution is -2.10. The highest BCUT2D eigenvalue weighted by Crippen LogP contribution is 2.41. The van der Waals surface area contributed by atoms with Crippen molar-refractivity contribution >= 4 is 39.9 Å². The van der Waals surface area contributed by atoms with E-state index in [0.29, 0.717) is 21.5 Å². The molecule has 0 unspecified atom stereocenters. The van der Waals surface area contributed by atoms with E-state index in [1.54, 1.807) is 18.2 Å². The predicted molar refractivity (Wildman–Crippen MR) is 105 cm³/mol. The maximum atomic E-state index is 13.7. The average Bonchev–Trinajstić information content (AvgIpc) is 2.56. The van der Waals surface area contributed by atoms with Crippen LogP contribution in [0.3, 0.4) is 0 Å². The van der Waals surface area contributed by atoms with E-state index < -0.39 is 11.8 Å². The Morgan fingerprint density at radius 3 is 2.35 bits per heavy atom. The van der Waals surface area contributed by atoms with Gasteiger partial charge in [-0.25, -0.2) is 9.18 Å². The summed E-state index contributed by atoms with van der Waals surface area (Å²) in [6.45, 7) is 5.83. The molecule has 0 aliphatic rings. The van der Waals surface area contributed by atoms with Crippen LogP contribution in [0.1, 0.15) is 41.3 Å². The van der Waals surface area contributed by atoms with Crippen LogP contribution in [0.25, 0.3) is 21.9 Å². The monoisotopic (exact) mass is 390 g/mol. The van der Waals surface area contributed by atoms with E-state index in [2.05, 4.69) is 0 Å². The first-order chi connectivity index (χ1) is 12.2. The molecule has 0 aliphatic heterocycles. The topological polar surface area (TPSA) is 37.3 Å². The normalized spacial score (nSPS) is 11.3. The summed E-state index contributed by atoms with van der Waals surface area (Å²) in [6.07, 6.45) is 0. The van der Waals surface area contributed by atoms with Gasteiger partial charge in [-0.15, -0.1) is 0 Å². The largest absolute Gasteiger partial charge is 0.478 e. The predicted octanol–water partition coefficient (Wildman–Crippen LogP) is 7.08. The van der Waals surface area contributed by atoms with Gasteiger partial charge in [-0.05, 0) is 64.6 Å². The highest BCUT2D eigenvalue weighted by molar-refractivity contribution is 6.32. The summed E-state index contributed by atoms with van der Waals surface area (Å²) >= 11 is 12.2. The first-order valence-electron chi connectivity index (χ1n) is 8.16. The third kappa shape index (κ3) is 3.06. The molecule has 2 nitrogen and oxygen atoms in total. The van der Waals surface area contributed by atoms with Gasteiger partial charge in [0.15, 0.2) is 0 Å². The Morgan fingerprint density at radius 1 is 1.08 bits per heavy atom. The molecule has 3 aromatic carbocycles. The Labute approximate surface area is 161 Å². The molecule has 134 valence electrons. The molecular formula is C21H17Cl2FO2. The van der Waals surface area contributed by atoms with Crippen LogP contribution in [0.4, 0.5) is 4.39 Å². The fraction of sp³-hybridized carbons (Fsp3) is 0.190. The number of fused-ring (bicyclic) bond motifs is 1. The van der Waals surface area contributed by atoms with E-state index in [-0.39, 0.29) is 16.5 Å². The molecule has 0 atom stereocenters. The Bertz CT molecular complexity index is 1040. The second-order valence-electron chi connectivity index (χ2n) is 6.57. The van der Waals surface area contributed by atoms with Gasteiger partial charge in [0.05, 0.1) is 10.6 Å². The molecule has 0 radical (unpaired) electrons. The van der Waals surface area contributed by atoms with E-state index in [1.165, 1.54) is 12.1 Å². The summed E-state index contributed by atoms with van der Waals surface area (Å²) in [7, 11) is 0. The average molecular weight is 391 g/mol.